The van der Waals surface area contributed by atoms with E-state index in [1.165, 1.54) is 0 Å². The van der Waals surface area contributed by atoms with Crippen molar-refractivity contribution in [2.24, 2.45) is 0 Å². The fourth-order valence-electron chi connectivity index (χ4n) is 1.07. The number of amides is 2. The van der Waals surface area contributed by atoms with E-state index in [2.05, 4.69) is 0 Å². The van der Waals surface area contributed by atoms with Crippen LogP contribution in [0.1, 0.15) is 0 Å². The van der Waals surface area contributed by atoms with Gasteiger partial charge in [0.2, 0.25) is 0 Å². The number of carbonyl (C=O) groups is 2. The highest BCUT2D eigenvalue weighted by Crippen LogP contribution is 2.19. The number of rotatable bonds is 4. The van der Waals surface area contributed by atoms with Crippen LogP contribution >= 0.6 is 0 Å². The minimum Gasteiger partial charge on any atom is -0.479 e. The molecule has 0 bridgehead atoms. The number of aliphatic hydroxyl groups excluding tert-OH is 1. The van der Waals surface area contributed by atoms with Crippen molar-refractivity contribution in [1.82, 2.24) is 5.32 Å². The molecular weight excluding hydrogens is 269 g/mol. The van der Waals surface area contributed by atoms with E-state index in [9.17, 15) is 22.8 Å². The van der Waals surface area contributed by atoms with Crippen LogP contribution in [0.25, 0.3) is 0 Å². The number of anilines is 1. The second-order valence-electron chi connectivity index (χ2n) is 3.41. The summed E-state index contributed by atoms with van der Waals surface area (Å²) in [5.41, 5.74) is -0.624. The number of aliphatic carboxylic acids is 1. The van der Waals surface area contributed by atoms with Gasteiger partial charge in [-0.25, -0.2) is 22.8 Å². The normalized spacial score (nSPS) is 11.8. The van der Waals surface area contributed by atoms with Gasteiger partial charge >= 0.3 is 12.0 Å². The van der Waals surface area contributed by atoms with Crippen LogP contribution in [0, 0.1) is 17.5 Å². The first-order valence-corrected chi connectivity index (χ1v) is 4.92. The van der Waals surface area contributed by atoms with Gasteiger partial charge in [-0.05, 0) is 12.1 Å². The summed E-state index contributed by atoms with van der Waals surface area (Å²) in [5.74, 6) is -6.30. The third kappa shape index (κ3) is 3.85. The molecule has 104 valence electrons. The van der Waals surface area contributed by atoms with Crippen LogP contribution in [0.4, 0.5) is 23.7 Å². The molecule has 0 heterocycles. The van der Waals surface area contributed by atoms with Crippen LogP contribution in [0.5, 0.6) is 0 Å². The van der Waals surface area contributed by atoms with Crippen molar-refractivity contribution in [2.75, 3.05) is 11.9 Å². The molecule has 9 heteroatoms. The van der Waals surface area contributed by atoms with Gasteiger partial charge in [0, 0.05) is 0 Å². The van der Waals surface area contributed by atoms with E-state index in [1.54, 1.807) is 0 Å². The smallest absolute Gasteiger partial charge is 0.334 e. The molecule has 0 aliphatic heterocycles. The van der Waals surface area contributed by atoms with E-state index < -0.39 is 47.8 Å². The first-order chi connectivity index (χ1) is 8.82. The summed E-state index contributed by atoms with van der Waals surface area (Å²) in [6.45, 7) is -0.632. The number of hydrogen-bond donors (Lipinski definition) is 4. The van der Waals surface area contributed by atoms with Gasteiger partial charge in [-0.1, -0.05) is 0 Å². The molecule has 4 N–H and O–H groups in total. The second kappa shape index (κ2) is 6.05. The fourth-order valence-corrected chi connectivity index (χ4v) is 1.07. The molecule has 19 heavy (non-hydrogen) atoms. The van der Waals surface area contributed by atoms with Gasteiger partial charge in [0.25, 0.3) is 0 Å². The largest absolute Gasteiger partial charge is 0.479 e. The van der Waals surface area contributed by atoms with Gasteiger partial charge in [-0.3, -0.25) is 0 Å². The summed E-state index contributed by atoms with van der Waals surface area (Å²) >= 11 is 0. The van der Waals surface area contributed by atoms with Gasteiger partial charge < -0.3 is 20.8 Å². The summed E-state index contributed by atoms with van der Waals surface area (Å²) in [5, 5.41) is 20.9. The Morgan fingerprint density at radius 1 is 1.21 bits per heavy atom. The number of carboxylic acid groups (broad SMARTS) is 1. The summed E-state index contributed by atoms with van der Waals surface area (Å²) in [4.78, 5) is 21.4. The lowest BCUT2D eigenvalue weighted by atomic mass is 10.3. The lowest BCUT2D eigenvalue weighted by molar-refractivity contribution is -0.146. The lowest BCUT2D eigenvalue weighted by Crippen LogP contribution is -2.38. The van der Waals surface area contributed by atoms with Crippen molar-refractivity contribution in [3.8, 4) is 0 Å². The van der Waals surface area contributed by atoms with Crippen molar-refractivity contribution in [1.29, 1.82) is 0 Å². The maximum Gasteiger partial charge on any atom is 0.334 e. The van der Waals surface area contributed by atoms with E-state index in [1.807, 2.05) is 10.6 Å². The Bertz CT molecular complexity index is 510. The average Bonchev–Trinajstić information content (AvgIpc) is 2.36. The second-order valence-corrected chi connectivity index (χ2v) is 3.41. The number of nitrogens with one attached hydrogen (secondary N) is 2. The third-order valence-electron chi connectivity index (χ3n) is 2.02. The Kier molecular flexibility index (Phi) is 4.70. The fraction of sp³-hybridized carbons (Fsp3) is 0.200. The third-order valence-corrected chi connectivity index (χ3v) is 2.02. The number of halogens is 3. The number of hydrogen-bond acceptors (Lipinski definition) is 3. The van der Waals surface area contributed by atoms with E-state index in [4.69, 9.17) is 10.2 Å². The standard InChI is InChI=1S/C10H9F3N2O4/c11-4-1-2-5(8(13)7(4)12)15-10(19)14-3-6(16)9(17)18/h1-2,6,16H,3H2,(H,17,18)(H2,14,15,19). The molecule has 1 atom stereocenters. The zero-order valence-corrected chi connectivity index (χ0v) is 9.28. The molecule has 0 aliphatic rings. The van der Waals surface area contributed by atoms with Crippen LogP contribution in [-0.2, 0) is 4.79 Å². The molecule has 1 aromatic rings. The predicted molar refractivity (Wildman–Crippen MR) is 57.0 cm³/mol. The molecule has 2 amide bonds. The lowest BCUT2D eigenvalue weighted by Gasteiger charge is -2.10. The molecule has 0 radical (unpaired) electrons. The summed E-state index contributed by atoms with van der Waals surface area (Å²) in [6, 6.07) is 0.325. The van der Waals surface area contributed by atoms with Crippen LogP contribution < -0.4 is 10.6 Å². The quantitative estimate of drug-likeness (QED) is 0.608. The van der Waals surface area contributed by atoms with Crippen LogP contribution in [0.2, 0.25) is 0 Å². The maximum absolute atomic E-state index is 13.1. The topological polar surface area (TPSA) is 98.7 Å². The highest BCUT2D eigenvalue weighted by molar-refractivity contribution is 5.89. The molecule has 1 rings (SSSR count). The first kappa shape index (κ1) is 14.8. The molecular formula is C10H9F3N2O4. The number of carbonyl (C=O) groups excluding carboxylic acids is 1. The van der Waals surface area contributed by atoms with E-state index in [0.29, 0.717) is 6.07 Å². The Morgan fingerprint density at radius 2 is 1.84 bits per heavy atom. The van der Waals surface area contributed by atoms with Crippen LogP contribution in [0.3, 0.4) is 0 Å². The number of aliphatic hydroxyl groups is 1. The maximum atomic E-state index is 13.1. The molecule has 6 nitrogen and oxygen atoms in total. The monoisotopic (exact) mass is 278 g/mol. The number of urea groups is 1. The Hall–Kier alpha value is -2.29. The zero-order chi connectivity index (χ0) is 14.6. The minimum atomic E-state index is -1.83. The minimum absolute atomic E-state index is 0.611. The van der Waals surface area contributed by atoms with Gasteiger partial charge in [0.15, 0.2) is 23.6 Å². The van der Waals surface area contributed by atoms with Crippen molar-refractivity contribution < 1.29 is 33.0 Å². The van der Waals surface area contributed by atoms with E-state index in [-0.39, 0.29) is 0 Å². The Balaban J connectivity index is 2.63. The zero-order valence-electron chi connectivity index (χ0n) is 9.28. The molecule has 1 aromatic carbocycles. The molecule has 0 fully saturated rings. The highest BCUT2D eigenvalue weighted by atomic mass is 19.2. The molecule has 0 saturated carbocycles. The molecule has 0 aromatic heterocycles. The Morgan fingerprint density at radius 3 is 2.42 bits per heavy atom. The van der Waals surface area contributed by atoms with Gasteiger partial charge in [-0.2, -0.15) is 0 Å². The summed E-state index contributed by atoms with van der Waals surface area (Å²) in [7, 11) is 0. The van der Waals surface area contributed by atoms with Crippen LogP contribution in [-0.4, -0.2) is 34.9 Å². The van der Waals surface area contributed by atoms with E-state index >= 15 is 0 Å². The van der Waals surface area contributed by atoms with Crippen molar-refractivity contribution >= 4 is 17.7 Å². The summed E-state index contributed by atoms with van der Waals surface area (Å²) in [6.07, 6.45) is -1.83. The molecule has 0 spiro atoms. The van der Waals surface area contributed by atoms with Crippen molar-refractivity contribution in [2.45, 2.75) is 6.10 Å². The highest BCUT2D eigenvalue weighted by Gasteiger charge is 2.17. The molecule has 1 unspecified atom stereocenters. The summed E-state index contributed by atoms with van der Waals surface area (Å²) < 4.78 is 38.6. The predicted octanol–water partition coefficient (Wildman–Crippen LogP) is 0.671. The first-order valence-electron chi connectivity index (χ1n) is 4.92. The molecule has 0 saturated heterocycles. The van der Waals surface area contributed by atoms with Gasteiger partial charge in [0.1, 0.15) is 0 Å². The van der Waals surface area contributed by atoms with Crippen molar-refractivity contribution in [3.05, 3.63) is 29.6 Å². The van der Waals surface area contributed by atoms with Gasteiger partial charge in [0.05, 0.1) is 12.2 Å². The van der Waals surface area contributed by atoms with E-state index in [0.717, 1.165) is 6.07 Å². The number of carboxylic acids is 1. The SMILES string of the molecule is O=C(NCC(O)C(=O)O)Nc1ccc(F)c(F)c1F. The van der Waals surface area contributed by atoms with Crippen molar-refractivity contribution in [3.63, 3.8) is 0 Å². The Labute approximate surface area is 104 Å². The number of benzene rings is 1. The average molecular weight is 278 g/mol. The van der Waals surface area contributed by atoms with Gasteiger partial charge in [-0.15, -0.1) is 0 Å². The molecule has 0 aliphatic carbocycles. The van der Waals surface area contributed by atoms with Crippen LogP contribution in [0.15, 0.2) is 12.1 Å².